The van der Waals surface area contributed by atoms with Gasteiger partial charge in [0.15, 0.2) is 0 Å². The molecule has 1 heterocycles. The molecule has 0 aliphatic carbocycles. The van der Waals surface area contributed by atoms with E-state index in [-0.39, 0.29) is 5.97 Å². The van der Waals surface area contributed by atoms with E-state index in [0.29, 0.717) is 26.2 Å². The summed E-state index contributed by atoms with van der Waals surface area (Å²) in [6.45, 7) is 4.83. The number of carbonyl (C=O) groups excluding carboxylic acids is 1. The van der Waals surface area contributed by atoms with Crippen LogP contribution in [-0.4, -0.2) is 56.2 Å². The normalized spacial score (nSPS) is 23.7. The van der Waals surface area contributed by atoms with Crippen molar-refractivity contribution < 1.29 is 9.53 Å². The third-order valence-electron chi connectivity index (χ3n) is 3.09. The number of esters is 1. The molecule has 1 unspecified atom stereocenters. The summed E-state index contributed by atoms with van der Waals surface area (Å²) < 4.78 is 5.15. The summed E-state index contributed by atoms with van der Waals surface area (Å²) in [7, 11) is 1.99. The smallest absolute Gasteiger partial charge is 0.327 e. The van der Waals surface area contributed by atoms with E-state index in [0.717, 1.165) is 19.4 Å². The fraction of sp³-hybridized carbons (Fsp3) is 0.909. The van der Waals surface area contributed by atoms with Crippen LogP contribution in [0.25, 0.3) is 10.4 Å². The first kappa shape index (κ1) is 14.8. The van der Waals surface area contributed by atoms with Crippen LogP contribution in [0, 0.1) is 0 Å². The highest BCUT2D eigenvalue weighted by atomic mass is 16.5. The molecule has 0 radical (unpaired) electrons. The molecule has 1 aliphatic rings. The van der Waals surface area contributed by atoms with Crippen LogP contribution in [0.4, 0.5) is 0 Å². The quantitative estimate of drug-likeness (QED) is 0.241. The van der Waals surface area contributed by atoms with Crippen LogP contribution in [0.2, 0.25) is 0 Å². The molecule has 0 bridgehead atoms. The summed E-state index contributed by atoms with van der Waals surface area (Å²) in [5.74, 6) is -0.182. The minimum Gasteiger partial charge on any atom is -0.465 e. The Bertz CT molecular complexity index is 329. The molecule has 1 aliphatic heterocycles. The highest BCUT2D eigenvalue weighted by Gasteiger charge is 2.44. The molecule has 0 aromatic carbocycles. The Labute approximate surface area is 107 Å². The summed E-state index contributed by atoms with van der Waals surface area (Å²) in [4.78, 5) is 16.8. The van der Waals surface area contributed by atoms with Gasteiger partial charge in [0.05, 0.1) is 6.61 Å². The van der Waals surface area contributed by atoms with Crippen LogP contribution in [0.3, 0.4) is 0 Å². The van der Waals surface area contributed by atoms with Crippen molar-refractivity contribution in [3.63, 3.8) is 0 Å². The van der Waals surface area contributed by atoms with Crippen LogP contribution >= 0.6 is 0 Å². The predicted octanol–water partition coefficient (Wildman–Crippen LogP) is 0.914. The van der Waals surface area contributed by atoms with Gasteiger partial charge in [0.25, 0.3) is 0 Å². The number of azide groups is 1. The molecule has 18 heavy (non-hydrogen) atoms. The van der Waals surface area contributed by atoms with E-state index in [4.69, 9.17) is 10.3 Å². The van der Waals surface area contributed by atoms with Crippen molar-refractivity contribution in [1.82, 2.24) is 10.2 Å². The van der Waals surface area contributed by atoms with Crippen LogP contribution < -0.4 is 5.32 Å². The van der Waals surface area contributed by atoms with Crippen molar-refractivity contribution in [3.8, 4) is 0 Å². The van der Waals surface area contributed by atoms with Gasteiger partial charge in [0.1, 0.15) is 5.54 Å². The Hall–Kier alpha value is -1.30. The fourth-order valence-corrected chi connectivity index (χ4v) is 2.18. The van der Waals surface area contributed by atoms with Gasteiger partial charge >= 0.3 is 5.97 Å². The molecule has 102 valence electrons. The van der Waals surface area contributed by atoms with Gasteiger partial charge in [0, 0.05) is 24.5 Å². The van der Waals surface area contributed by atoms with Crippen LogP contribution in [0.1, 0.15) is 19.8 Å². The van der Waals surface area contributed by atoms with E-state index in [1.54, 1.807) is 0 Å². The Kier molecular flexibility index (Phi) is 5.91. The van der Waals surface area contributed by atoms with Crippen molar-refractivity contribution in [1.29, 1.82) is 0 Å². The summed E-state index contributed by atoms with van der Waals surface area (Å²) in [5.41, 5.74) is 7.58. The van der Waals surface area contributed by atoms with Crippen molar-refractivity contribution in [3.05, 3.63) is 10.4 Å². The second kappa shape index (κ2) is 7.20. The van der Waals surface area contributed by atoms with E-state index in [1.807, 2.05) is 14.0 Å². The third-order valence-corrected chi connectivity index (χ3v) is 3.09. The number of nitrogens with one attached hydrogen (secondary N) is 1. The average Bonchev–Trinajstić information content (AvgIpc) is 2.72. The number of likely N-dealkylation sites (tertiary alicyclic amines) is 1. The Morgan fingerprint density at radius 3 is 3.00 bits per heavy atom. The predicted molar refractivity (Wildman–Crippen MR) is 68.1 cm³/mol. The molecule has 0 amide bonds. The first-order valence-electron chi connectivity index (χ1n) is 6.26. The Morgan fingerprint density at radius 1 is 1.67 bits per heavy atom. The van der Waals surface area contributed by atoms with Crippen molar-refractivity contribution in [2.75, 3.05) is 39.8 Å². The lowest BCUT2D eigenvalue weighted by molar-refractivity contribution is -0.150. The topological polar surface area (TPSA) is 90.3 Å². The molecule has 1 atom stereocenters. The Morgan fingerprint density at radius 2 is 2.44 bits per heavy atom. The zero-order valence-electron chi connectivity index (χ0n) is 11.1. The molecule has 0 aromatic heterocycles. The lowest BCUT2D eigenvalue weighted by Crippen LogP contribution is -2.55. The van der Waals surface area contributed by atoms with E-state index >= 15 is 0 Å². The molecule has 1 N–H and O–H groups in total. The lowest BCUT2D eigenvalue weighted by Gasteiger charge is -2.27. The Balaban J connectivity index is 2.50. The molecule has 1 rings (SSSR count). The summed E-state index contributed by atoms with van der Waals surface area (Å²) in [6, 6.07) is 0. The summed E-state index contributed by atoms with van der Waals surface area (Å²) in [5, 5.41) is 6.74. The number of nitrogens with zero attached hydrogens (tertiary/aromatic N) is 4. The van der Waals surface area contributed by atoms with Gasteiger partial charge in [0.2, 0.25) is 0 Å². The minimum absolute atomic E-state index is 0.182. The minimum atomic E-state index is -0.596. The lowest BCUT2D eigenvalue weighted by atomic mass is 9.98. The highest BCUT2D eigenvalue weighted by molar-refractivity contribution is 5.81. The first-order chi connectivity index (χ1) is 8.64. The van der Waals surface area contributed by atoms with Gasteiger partial charge in [-0.05, 0) is 38.9 Å². The summed E-state index contributed by atoms with van der Waals surface area (Å²) in [6.07, 6.45) is 1.47. The zero-order valence-corrected chi connectivity index (χ0v) is 11.1. The molecule has 7 heteroatoms. The maximum atomic E-state index is 12.0. The number of carbonyl (C=O) groups is 1. The standard InChI is InChI=1S/C11H21N5O2/c1-3-18-10(17)11(5-8-16(2)9-11)13-6-4-7-14-15-12/h13H,3-9H2,1-2H3. The average molecular weight is 255 g/mol. The van der Waals surface area contributed by atoms with Gasteiger partial charge in [-0.3, -0.25) is 0 Å². The van der Waals surface area contributed by atoms with E-state index in [9.17, 15) is 4.79 Å². The van der Waals surface area contributed by atoms with Crippen LogP contribution in [0.5, 0.6) is 0 Å². The SMILES string of the molecule is CCOC(=O)C1(NCCCN=[N+]=[N-])CCN(C)C1. The third kappa shape index (κ3) is 3.87. The number of likely N-dealkylation sites (N-methyl/N-ethyl adjacent to an activating group) is 1. The molecular formula is C11H21N5O2. The second-order valence-electron chi connectivity index (χ2n) is 4.53. The summed E-state index contributed by atoms with van der Waals surface area (Å²) >= 11 is 0. The number of hydrogen-bond acceptors (Lipinski definition) is 5. The molecule has 0 aromatic rings. The van der Waals surface area contributed by atoms with Crippen LogP contribution in [-0.2, 0) is 9.53 Å². The molecule has 0 spiro atoms. The number of rotatable bonds is 7. The zero-order chi connectivity index (χ0) is 13.4. The maximum absolute atomic E-state index is 12.0. The van der Waals surface area contributed by atoms with Gasteiger partial charge in [-0.1, -0.05) is 5.11 Å². The van der Waals surface area contributed by atoms with Gasteiger partial charge in [-0.15, -0.1) is 0 Å². The molecular weight excluding hydrogens is 234 g/mol. The van der Waals surface area contributed by atoms with Gasteiger partial charge < -0.3 is 15.0 Å². The van der Waals surface area contributed by atoms with Crippen molar-refractivity contribution in [2.24, 2.45) is 5.11 Å². The van der Waals surface area contributed by atoms with Crippen LogP contribution in [0.15, 0.2) is 5.11 Å². The monoisotopic (exact) mass is 255 g/mol. The molecule has 7 nitrogen and oxygen atoms in total. The van der Waals surface area contributed by atoms with Crippen molar-refractivity contribution in [2.45, 2.75) is 25.3 Å². The van der Waals surface area contributed by atoms with Gasteiger partial charge in [-0.2, -0.15) is 0 Å². The molecule has 1 saturated heterocycles. The highest BCUT2D eigenvalue weighted by Crippen LogP contribution is 2.21. The van der Waals surface area contributed by atoms with Crippen molar-refractivity contribution >= 4 is 5.97 Å². The number of ether oxygens (including phenoxy) is 1. The first-order valence-corrected chi connectivity index (χ1v) is 6.26. The maximum Gasteiger partial charge on any atom is 0.327 e. The molecule has 0 saturated carbocycles. The number of hydrogen-bond donors (Lipinski definition) is 1. The van der Waals surface area contributed by atoms with E-state index in [1.165, 1.54) is 0 Å². The van der Waals surface area contributed by atoms with E-state index in [2.05, 4.69) is 20.2 Å². The fourth-order valence-electron chi connectivity index (χ4n) is 2.18. The van der Waals surface area contributed by atoms with Gasteiger partial charge in [-0.25, -0.2) is 4.79 Å². The second-order valence-corrected chi connectivity index (χ2v) is 4.53. The largest absolute Gasteiger partial charge is 0.465 e. The molecule has 1 fully saturated rings. The van der Waals surface area contributed by atoms with E-state index < -0.39 is 5.54 Å².